The molecule has 32 heavy (non-hydrogen) atoms. The zero-order chi connectivity index (χ0) is 22.7. The lowest BCUT2D eigenvalue weighted by Crippen LogP contribution is -2.15. The van der Waals surface area contributed by atoms with E-state index in [1.165, 1.54) is 18.3 Å². The number of hydrogen-bond donors (Lipinski definition) is 1. The van der Waals surface area contributed by atoms with Gasteiger partial charge in [0.25, 0.3) is 5.91 Å². The molecule has 0 aliphatic carbocycles. The lowest BCUT2D eigenvalue weighted by Gasteiger charge is -2.07. The van der Waals surface area contributed by atoms with E-state index in [0.29, 0.717) is 44.9 Å². The summed E-state index contributed by atoms with van der Waals surface area (Å²) in [7, 11) is 0. The zero-order valence-electron chi connectivity index (χ0n) is 16.8. The second kappa shape index (κ2) is 9.42. The van der Waals surface area contributed by atoms with Crippen molar-refractivity contribution in [1.82, 2.24) is 14.9 Å². The summed E-state index contributed by atoms with van der Waals surface area (Å²) >= 11 is 12.0. The van der Waals surface area contributed by atoms with E-state index in [1.807, 2.05) is 0 Å². The molecule has 0 aliphatic heterocycles. The van der Waals surface area contributed by atoms with Crippen LogP contribution in [0.2, 0.25) is 10.0 Å². The summed E-state index contributed by atoms with van der Waals surface area (Å²) in [6, 6.07) is 11.1. The van der Waals surface area contributed by atoms with E-state index >= 15 is 0 Å². The fourth-order valence-electron chi connectivity index (χ4n) is 2.98. The van der Waals surface area contributed by atoms with Gasteiger partial charge in [-0.3, -0.25) is 9.48 Å². The van der Waals surface area contributed by atoms with Crippen LogP contribution in [0, 0.1) is 12.7 Å². The van der Waals surface area contributed by atoms with Crippen LogP contribution in [0.5, 0.6) is 5.75 Å². The number of carbonyl (C=O) groups excluding carboxylic acids is 1. The normalized spacial score (nSPS) is 10.9. The molecule has 1 N–H and O–H groups in total. The SMILES string of the molecule is Cc1onc(C(=O)Nc2cnn(Cc3ccc(F)cc3Cl)c2)c1COc1cccc(Cl)c1. The fraction of sp³-hybridized carbons (Fsp3) is 0.136. The molecule has 0 atom stereocenters. The van der Waals surface area contributed by atoms with Crippen molar-refractivity contribution in [2.45, 2.75) is 20.1 Å². The predicted molar refractivity (Wildman–Crippen MR) is 118 cm³/mol. The van der Waals surface area contributed by atoms with Gasteiger partial charge in [-0.2, -0.15) is 5.10 Å². The molecular formula is C22H17Cl2FN4O3. The van der Waals surface area contributed by atoms with Gasteiger partial charge in [-0.15, -0.1) is 0 Å². The standard InChI is InChI=1S/C22H17Cl2FN4O3/c1-13-19(12-31-18-4-2-3-15(23)7-18)21(28-32-13)22(30)27-17-9-26-29(11-17)10-14-5-6-16(25)8-20(14)24/h2-9,11H,10,12H2,1H3,(H,27,30). The summed E-state index contributed by atoms with van der Waals surface area (Å²) in [5.41, 5.74) is 1.78. The maximum absolute atomic E-state index is 13.2. The smallest absolute Gasteiger partial charge is 0.278 e. The summed E-state index contributed by atoms with van der Waals surface area (Å²) < 4.78 is 25.7. The number of ether oxygens (including phenoxy) is 1. The number of rotatable bonds is 7. The molecule has 4 rings (SSSR count). The van der Waals surface area contributed by atoms with Crippen LogP contribution in [0.1, 0.15) is 27.4 Å². The van der Waals surface area contributed by atoms with Crippen molar-refractivity contribution in [3.05, 3.63) is 93.3 Å². The van der Waals surface area contributed by atoms with E-state index in [9.17, 15) is 9.18 Å². The minimum atomic E-state index is -0.467. The number of halogens is 3. The molecule has 1 amide bonds. The molecule has 0 saturated heterocycles. The maximum atomic E-state index is 13.2. The summed E-state index contributed by atoms with van der Waals surface area (Å²) in [4.78, 5) is 12.8. The van der Waals surface area contributed by atoms with Crippen molar-refractivity contribution < 1.29 is 18.4 Å². The molecule has 2 heterocycles. The minimum absolute atomic E-state index is 0.0841. The van der Waals surface area contributed by atoms with E-state index in [1.54, 1.807) is 48.1 Å². The van der Waals surface area contributed by atoms with Crippen LogP contribution in [0.4, 0.5) is 10.1 Å². The monoisotopic (exact) mass is 474 g/mol. The lowest BCUT2D eigenvalue weighted by molar-refractivity contribution is 0.101. The van der Waals surface area contributed by atoms with Gasteiger partial charge < -0.3 is 14.6 Å². The Balaban J connectivity index is 1.43. The molecule has 7 nitrogen and oxygen atoms in total. The lowest BCUT2D eigenvalue weighted by atomic mass is 10.2. The van der Waals surface area contributed by atoms with Crippen LogP contribution < -0.4 is 10.1 Å². The number of aromatic nitrogens is 3. The minimum Gasteiger partial charge on any atom is -0.489 e. The first-order valence-electron chi connectivity index (χ1n) is 9.50. The first-order chi connectivity index (χ1) is 15.4. The van der Waals surface area contributed by atoms with E-state index in [0.717, 1.165) is 0 Å². The van der Waals surface area contributed by atoms with Gasteiger partial charge in [0.05, 0.1) is 24.0 Å². The quantitative estimate of drug-likeness (QED) is 0.382. The van der Waals surface area contributed by atoms with Gasteiger partial charge in [-0.05, 0) is 42.8 Å². The molecule has 0 radical (unpaired) electrons. The highest BCUT2D eigenvalue weighted by molar-refractivity contribution is 6.31. The van der Waals surface area contributed by atoms with Gasteiger partial charge >= 0.3 is 0 Å². The largest absolute Gasteiger partial charge is 0.489 e. The second-order valence-electron chi connectivity index (χ2n) is 6.93. The van der Waals surface area contributed by atoms with Crippen LogP contribution in [0.25, 0.3) is 0 Å². The number of nitrogens with one attached hydrogen (secondary N) is 1. The Hall–Kier alpha value is -3.36. The van der Waals surface area contributed by atoms with Crippen LogP contribution in [0.3, 0.4) is 0 Å². The number of nitrogens with zero attached hydrogens (tertiary/aromatic N) is 3. The van der Waals surface area contributed by atoms with Gasteiger partial charge in [-0.1, -0.05) is 40.5 Å². The maximum Gasteiger partial charge on any atom is 0.278 e. The number of benzene rings is 2. The predicted octanol–water partition coefficient (Wildman–Crippen LogP) is 5.51. The molecule has 0 bridgehead atoms. The average molecular weight is 475 g/mol. The van der Waals surface area contributed by atoms with Crippen molar-refractivity contribution >= 4 is 34.8 Å². The highest BCUT2D eigenvalue weighted by Crippen LogP contribution is 2.22. The Kier molecular flexibility index (Phi) is 6.43. The van der Waals surface area contributed by atoms with Crippen LogP contribution in [-0.2, 0) is 13.2 Å². The average Bonchev–Trinajstić information content (AvgIpc) is 3.34. The van der Waals surface area contributed by atoms with Crippen LogP contribution in [0.15, 0.2) is 59.4 Å². The van der Waals surface area contributed by atoms with E-state index in [4.69, 9.17) is 32.5 Å². The molecule has 2 aromatic heterocycles. The highest BCUT2D eigenvalue weighted by Gasteiger charge is 2.21. The summed E-state index contributed by atoms with van der Waals surface area (Å²) in [6.45, 7) is 2.10. The molecular weight excluding hydrogens is 458 g/mol. The molecule has 4 aromatic rings. The van der Waals surface area contributed by atoms with Crippen molar-refractivity contribution in [1.29, 1.82) is 0 Å². The molecule has 0 spiro atoms. The molecule has 0 saturated carbocycles. The first kappa shape index (κ1) is 21.9. The number of aryl methyl sites for hydroxylation is 1. The summed E-state index contributed by atoms with van der Waals surface area (Å²) in [5.74, 6) is 0.153. The van der Waals surface area contributed by atoms with E-state index in [-0.39, 0.29) is 12.3 Å². The topological polar surface area (TPSA) is 82.2 Å². The van der Waals surface area contributed by atoms with E-state index < -0.39 is 11.7 Å². The third-order valence-corrected chi connectivity index (χ3v) is 5.20. The van der Waals surface area contributed by atoms with Crippen LogP contribution >= 0.6 is 23.2 Å². The second-order valence-corrected chi connectivity index (χ2v) is 7.77. The number of hydrogen-bond acceptors (Lipinski definition) is 5. The van der Waals surface area contributed by atoms with Crippen molar-refractivity contribution in [3.63, 3.8) is 0 Å². The van der Waals surface area contributed by atoms with Gasteiger partial charge in [0.15, 0.2) is 5.69 Å². The Morgan fingerprint density at radius 1 is 1.25 bits per heavy atom. The van der Waals surface area contributed by atoms with E-state index in [2.05, 4.69) is 15.6 Å². The van der Waals surface area contributed by atoms with Gasteiger partial charge in [0.2, 0.25) is 0 Å². The Bertz CT molecular complexity index is 1270. The molecule has 0 fully saturated rings. The number of amides is 1. The first-order valence-corrected chi connectivity index (χ1v) is 10.3. The molecule has 10 heteroatoms. The third-order valence-electron chi connectivity index (χ3n) is 4.62. The Labute approximate surface area is 192 Å². The molecule has 2 aromatic carbocycles. The molecule has 0 aliphatic rings. The molecule has 164 valence electrons. The van der Waals surface area contributed by atoms with Crippen LogP contribution in [-0.4, -0.2) is 20.8 Å². The highest BCUT2D eigenvalue weighted by atomic mass is 35.5. The Morgan fingerprint density at radius 2 is 2.09 bits per heavy atom. The summed E-state index contributed by atoms with van der Waals surface area (Å²) in [5, 5.41) is 11.6. The summed E-state index contributed by atoms with van der Waals surface area (Å²) in [6.07, 6.45) is 3.12. The van der Waals surface area contributed by atoms with Crippen molar-refractivity contribution in [3.8, 4) is 5.75 Å². The van der Waals surface area contributed by atoms with Crippen molar-refractivity contribution in [2.24, 2.45) is 0 Å². The number of carbonyl (C=O) groups is 1. The van der Waals surface area contributed by atoms with Crippen molar-refractivity contribution in [2.75, 3.05) is 5.32 Å². The van der Waals surface area contributed by atoms with Gasteiger partial charge in [0.1, 0.15) is 23.9 Å². The fourth-order valence-corrected chi connectivity index (χ4v) is 3.39. The van der Waals surface area contributed by atoms with Gasteiger partial charge in [-0.25, -0.2) is 4.39 Å². The number of anilines is 1. The molecule has 0 unspecified atom stereocenters. The zero-order valence-corrected chi connectivity index (χ0v) is 18.3. The van der Waals surface area contributed by atoms with Gasteiger partial charge in [0, 0.05) is 16.2 Å². The Morgan fingerprint density at radius 3 is 2.88 bits per heavy atom. The third kappa shape index (κ3) is 5.09.